The normalized spacial score (nSPS) is 18.1. The number of alkyl halides is 2. The number of carbonyl (C=O) groups excluding carboxylic acids is 2. The van der Waals surface area contributed by atoms with Gasteiger partial charge < -0.3 is 19.3 Å². The molecule has 2 fully saturated rings. The highest BCUT2D eigenvalue weighted by molar-refractivity contribution is 6.03. The van der Waals surface area contributed by atoms with Crippen LogP contribution in [0.25, 0.3) is 16.6 Å². The van der Waals surface area contributed by atoms with Gasteiger partial charge in [-0.25, -0.2) is 8.78 Å². The lowest BCUT2D eigenvalue weighted by Gasteiger charge is -2.35. The summed E-state index contributed by atoms with van der Waals surface area (Å²) in [6.45, 7) is 1.31. The second-order valence-electron chi connectivity index (χ2n) is 10.4. The monoisotopic (exact) mass is 519 g/mol. The molecule has 0 aliphatic carbocycles. The van der Waals surface area contributed by atoms with E-state index in [2.05, 4.69) is 25.1 Å². The SMILES string of the molecule is CN(C)C1CCN(C(=O)c2ccc3c(c2)cc(C(=O)N2CCC(F)(F)CC2)n3-c2cccc(C#N)c2)CC1. The molecule has 7 nitrogen and oxygen atoms in total. The summed E-state index contributed by atoms with van der Waals surface area (Å²) in [4.78, 5) is 32.4. The minimum atomic E-state index is -2.76. The summed E-state index contributed by atoms with van der Waals surface area (Å²) in [6.07, 6.45) is 1.10. The molecule has 0 radical (unpaired) electrons. The van der Waals surface area contributed by atoms with Crippen molar-refractivity contribution in [3.05, 3.63) is 65.4 Å². The molecule has 38 heavy (non-hydrogen) atoms. The van der Waals surface area contributed by atoms with Gasteiger partial charge in [0.1, 0.15) is 5.69 Å². The predicted molar refractivity (Wildman–Crippen MR) is 141 cm³/mol. The number of nitrogens with zero attached hydrogens (tertiary/aromatic N) is 5. The number of amides is 2. The van der Waals surface area contributed by atoms with Crippen LogP contribution in [0.15, 0.2) is 48.5 Å². The Morgan fingerprint density at radius 3 is 2.29 bits per heavy atom. The van der Waals surface area contributed by atoms with Crippen LogP contribution in [0.4, 0.5) is 8.78 Å². The van der Waals surface area contributed by atoms with Crippen LogP contribution in [0.1, 0.15) is 52.1 Å². The molecule has 9 heteroatoms. The predicted octanol–water partition coefficient (Wildman–Crippen LogP) is 4.54. The van der Waals surface area contributed by atoms with Crippen molar-refractivity contribution in [1.82, 2.24) is 19.3 Å². The van der Waals surface area contributed by atoms with E-state index in [0.717, 1.165) is 12.8 Å². The van der Waals surface area contributed by atoms with Crippen molar-refractivity contribution in [2.45, 2.75) is 37.6 Å². The number of rotatable bonds is 4. The molecule has 2 aliphatic rings. The first-order valence-corrected chi connectivity index (χ1v) is 13.0. The van der Waals surface area contributed by atoms with Crippen LogP contribution in [0, 0.1) is 11.3 Å². The van der Waals surface area contributed by atoms with Crippen molar-refractivity contribution in [1.29, 1.82) is 5.26 Å². The van der Waals surface area contributed by atoms with Crippen molar-refractivity contribution in [2.75, 3.05) is 40.3 Å². The Hall–Kier alpha value is -3.77. The van der Waals surface area contributed by atoms with Crippen LogP contribution in [0.5, 0.6) is 0 Å². The minimum absolute atomic E-state index is 0.0295. The molecule has 2 amide bonds. The molecule has 0 saturated carbocycles. The topological polar surface area (TPSA) is 72.6 Å². The fourth-order valence-corrected chi connectivity index (χ4v) is 5.47. The van der Waals surface area contributed by atoms with Gasteiger partial charge in [-0.05, 0) is 69.4 Å². The maximum Gasteiger partial charge on any atom is 0.270 e. The van der Waals surface area contributed by atoms with E-state index in [0.29, 0.717) is 52.5 Å². The van der Waals surface area contributed by atoms with Crippen LogP contribution in [0.2, 0.25) is 0 Å². The van der Waals surface area contributed by atoms with Gasteiger partial charge >= 0.3 is 0 Å². The summed E-state index contributed by atoms with van der Waals surface area (Å²) >= 11 is 0. The highest BCUT2D eigenvalue weighted by atomic mass is 19.3. The zero-order valence-electron chi connectivity index (χ0n) is 21.7. The number of nitriles is 1. The van der Waals surface area contributed by atoms with Crippen molar-refractivity contribution in [3.8, 4) is 11.8 Å². The molecule has 0 atom stereocenters. The number of hydrogen-bond donors (Lipinski definition) is 0. The van der Waals surface area contributed by atoms with E-state index >= 15 is 0 Å². The lowest BCUT2D eigenvalue weighted by molar-refractivity contribution is -0.0495. The summed E-state index contributed by atoms with van der Waals surface area (Å²) in [6, 6.07) is 16.6. The zero-order valence-corrected chi connectivity index (χ0v) is 21.7. The molecule has 0 bridgehead atoms. The summed E-state index contributed by atoms with van der Waals surface area (Å²) < 4.78 is 29.3. The smallest absolute Gasteiger partial charge is 0.270 e. The molecular weight excluding hydrogens is 488 g/mol. The van der Waals surface area contributed by atoms with Crippen LogP contribution in [-0.4, -0.2) is 83.3 Å². The van der Waals surface area contributed by atoms with E-state index in [9.17, 15) is 23.6 Å². The Morgan fingerprint density at radius 1 is 0.947 bits per heavy atom. The molecule has 3 aromatic rings. The average Bonchev–Trinajstić information content (AvgIpc) is 3.31. The maximum atomic E-state index is 13.8. The second-order valence-corrected chi connectivity index (χ2v) is 10.4. The molecular formula is C29H31F2N5O2. The highest BCUT2D eigenvalue weighted by Crippen LogP contribution is 2.31. The number of halogens is 2. The van der Waals surface area contributed by atoms with Crippen molar-refractivity contribution in [3.63, 3.8) is 0 Å². The third-order valence-corrected chi connectivity index (χ3v) is 7.77. The fourth-order valence-electron chi connectivity index (χ4n) is 5.47. The molecule has 5 rings (SSSR count). The Balaban J connectivity index is 1.51. The zero-order chi connectivity index (χ0) is 27.0. The maximum absolute atomic E-state index is 13.8. The number of carbonyl (C=O) groups is 2. The Bertz CT molecular complexity index is 1410. The van der Waals surface area contributed by atoms with Crippen LogP contribution in [0.3, 0.4) is 0 Å². The Morgan fingerprint density at radius 2 is 1.63 bits per heavy atom. The number of fused-ring (bicyclic) bond motifs is 1. The number of hydrogen-bond acceptors (Lipinski definition) is 4. The quantitative estimate of drug-likeness (QED) is 0.508. The Kier molecular flexibility index (Phi) is 6.93. The van der Waals surface area contributed by atoms with E-state index in [-0.39, 0.29) is 37.7 Å². The van der Waals surface area contributed by atoms with Crippen LogP contribution in [-0.2, 0) is 0 Å². The number of benzene rings is 2. The summed E-state index contributed by atoms with van der Waals surface area (Å²) in [5, 5.41) is 10.1. The highest BCUT2D eigenvalue weighted by Gasteiger charge is 2.36. The molecule has 1 aromatic heterocycles. The summed E-state index contributed by atoms with van der Waals surface area (Å²) in [5.74, 6) is -3.16. The Labute approximate surface area is 220 Å². The third-order valence-electron chi connectivity index (χ3n) is 7.77. The third kappa shape index (κ3) is 5.01. The first-order chi connectivity index (χ1) is 18.2. The van der Waals surface area contributed by atoms with Gasteiger partial charge in [0.25, 0.3) is 17.7 Å². The lowest BCUT2D eigenvalue weighted by atomic mass is 10.0. The van der Waals surface area contributed by atoms with E-state index in [1.165, 1.54) is 4.90 Å². The first kappa shape index (κ1) is 25.9. The molecule has 2 aliphatic heterocycles. The van der Waals surface area contributed by atoms with Crippen LogP contribution >= 0.6 is 0 Å². The van der Waals surface area contributed by atoms with Gasteiger partial charge in [-0.15, -0.1) is 0 Å². The molecule has 3 heterocycles. The molecule has 2 saturated heterocycles. The molecule has 0 spiro atoms. The summed E-state index contributed by atoms with van der Waals surface area (Å²) in [7, 11) is 4.11. The first-order valence-electron chi connectivity index (χ1n) is 13.0. The number of aromatic nitrogens is 1. The van der Waals surface area contributed by atoms with E-state index in [1.807, 2.05) is 11.0 Å². The largest absolute Gasteiger partial charge is 0.339 e. The van der Waals surface area contributed by atoms with E-state index < -0.39 is 5.92 Å². The molecule has 0 N–H and O–H groups in total. The molecule has 0 unspecified atom stereocenters. The molecule has 198 valence electrons. The average molecular weight is 520 g/mol. The minimum Gasteiger partial charge on any atom is -0.339 e. The van der Waals surface area contributed by atoms with Crippen molar-refractivity contribution in [2.24, 2.45) is 0 Å². The lowest BCUT2D eigenvalue weighted by Crippen LogP contribution is -2.44. The summed E-state index contributed by atoms with van der Waals surface area (Å²) in [5.41, 5.74) is 2.62. The van der Waals surface area contributed by atoms with Crippen molar-refractivity contribution >= 4 is 22.7 Å². The number of likely N-dealkylation sites (tertiary alicyclic amines) is 2. The van der Waals surface area contributed by atoms with Gasteiger partial charge in [-0.3, -0.25) is 9.59 Å². The van der Waals surface area contributed by atoms with Gasteiger partial charge in [-0.1, -0.05) is 6.07 Å². The fraction of sp³-hybridized carbons (Fsp3) is 0.414. The van der Waals surface area contributed by atoms with E-state index in [4.69, 9.17) is 0 Å². The molecule has 2 aromatic carbocycles. The second kappa shape index (κ2) is 10.2. The number of piperidine rings is 2. The van der Waals surface area contributed by atoms with E-state index in [1.54, 1.807) is 47.0 Å². The van der Waals surface area contributed by atoms with Gasteiger partial charge in [0.2, 0.25) is 0 Å². The van der Waals surface area contributed by atoms with Gasteiger partial charge in [-0.2, -0.15) is 5.26 Å². The van der Waals surface area contributed by atoms with Crippen molar-refractivity contribution < 1.29 is 18.4 Å². The standard InChI is InChI=1S/C29H31F2N5O2/c1-33(2)23-8-12-34(13-9-23)27(37)21-6-7-25-22(17-21)18-26(28(38)35-14-10-29(30,31)11-15-35)36(25)24-5-3-4-20(16-24)19-32/h3-7,16-18,23H,8-15H2,1-2H3. The van der Waals surface area contributed by atoms with Gasteiger partial charge in [0.15, 0.2) is 0 Å². The van der Waals surface area contributed by atoms with Gasteiger partial charge in [0, 0.05) is 61.7 Å². The van der Waals surface area contributed by atoms with Crippen LogP contribution < -0.4 is 0 Å². The van der Waals surface area contributed by atoms with Gasteiger partial charge in [0.05, 0.1) is 17.1 Å².